The number of aromatic nitrogens is 3. The Labute approximate surface area is 250 Å². The van der Waals surface area contributed by atoms with Crippen LogP contribution >= 0.6 is 6.04 Å². The van der Waals surface area contributed by atoms with Crippen LogP contribution in [-0.4, -0.2) is 14.5 Å². The van der Waals surface area contributed by atoms with Crippen LogP contribution in [-0.2, 0) is 17.2 Å². The van der Waals surface area contributed by atoms with Crippen LogP contribution in [0.15, 0.2) is 134 Å². The molecule has 0 spiro atoms. The summed E-state index contributed by atoms with van der Waals surface area (Å²) in [6.07, 6.45) is 3.90. The number of benzene rings is 5. The summed E-state index contributed by atoms with van der Waals surface area (Å²) in [4.78, 5) is 9.86. The van der Waals surface area contributed by atoms with Crippen molar-refractivity contribution in [1.29, 1.82) is 0 Å². The Morgan fingerprint density at radius 3 is 1.93 bits per heavy atom. The van der Waals surface area contributed by atoms with Gasteiger partial charge >= 0.3 is 0 Å². The van der Waals surface area contributed by atoms with Gasteiger partial charge in [-0.05, 0) is 46.0 Å². The summed E-state index contributed by atoms with van der Waals surface area (Å²) < 4.78 is 2.43. The zero-order valence-electron chi connectivity index (χ0n) is 23.4. The molecule has 0 saturated carbocycles. The van der Waals surface area contributed by atoms with Gasteiger partial charge in [-0.1, -0.05) is 123 Å². The normalized spacial score (nSPS) is 13.8. The van der Waals surface area contributed by atoms with E-state index in [9.17, 15) is 0 Å². The van der Waals surface area contributed by atoms with E-state index in [2.05, 4.69) is 128 Å². The number of nitrogens with zero attached hydrogens (tertiary/aromatic N) is 3. The maximum atomic E-state index is 6.50. The summed E-state index contributed by atoms with van der Waals surface area (Å²) in [6.45, 7) is 4.65. The molecule has 2 aromatic heterocycles. The Balaban J connectivity index is 1.27. The number of para-hydroxylation sites is 2. The summed E-state index contributed by atoms with van der Waals surface area (Å²) >= 11 is 6.50. The number of hydrogen-bond donors (Lipinski definition) is 0. The number of fused-ring (bicyclic) bond motifs is 5. The highest BCUT2D eigenvalue weighted by molar-refractivity contribution is 8.25. The second kappa shape index (κ2) is 9.32. The highest BCUT2D eigenvalue weighted by Gasteiger charge is 2.35. The molecule has 3 heterocycles. The Bertz CT molecular complexity index is 2140. The first-order valence-corrected chi connectivity index (χ1v) is 17.0. The van der Waals surface area contributed by atoms with E-state index in [-0.39, 0.29) is 5.41 Å². The fourth-order valence-electron chi connectivity index (χ4n) is 6.64. The van der Waals surface area contributed by atoms with E-state index in [1.807, 2.05) is 24.5 Å². The second-order valence-corrected chi connectivity index (χ2v) is 15.9. The van der Waals surface area contributed by atoms with Gasteiger partial charge in [0.25, 0.3) is 0 Å². The molecule has 5 aromatic carbocycles. The lowest BCUT2D eigenvalue weighted by molar-refractivity contribution is 0.630. The molecular formula is C37H28N3PS. The zero-order chi connectivity index (χ0) is 28.5. The van der Waals surface area contributed by atoms with Gasteiger partial charge in [-0.2, -0.15) is 0 Å². The topological polar surface area (TPSA) is 30.7 Å². The molecule has 0 fully saturated rings. The Kier molecular flexibility index (Phi) is 5.63. The van der Waals surface area contributed by atoms with Gasteiger partial charge in [-0.15, -0.1) is 0 Å². The largest absolute Gasteiger partial charge is 0.309 e. The van der Waals surface area contributed by atoms with E-state index in [0.717, 1.165) is 21.5 Å². The highest BCUT2D eigenvalue weighted by atomic mass is 32.4. The van der Waals surface area contributed by atoms with Crippen LogP contribution in [0, 0.1) is 0 Å². The van der Waals surface area contributed by atoms with Crippen molar-refractivity contribution >= 4 is 55.6 Å². The first-order chi connectivity index (χ1) is 20.5. The summed E-state index contributed by atoms with van der Waals surface area (Å²) in [7, 11) is 0. The monoisotopic (exact) mass is 577 g/mol. The minimum atomic E-state index is -2.30. The molecule has 202 valence electrons. The van der Waals surface area contributed by atoms with Crippen molar-refractivity contribution in [3.63, 3.8) is 0 Å². The summed E-state index contributed by atoms with van der Waals surface area (Å²) in [6, 6.07) is 40.6. The fourth-order valence-corrected chi connectivity index (χ4v) is 10.2. The fraction of sp³-hybridized carbons (Fsp3) is 0.0811. The lowest BCUT2D eigenvalue weighted by Gasteiger charge is -2.35. The molecule has 7 aromatic rings. The van der Waals surface area contributed by atoms with Crippen molar-refractivity contribution in [3.05, 3.63) is 145 Å². The molecule has 0 radical (unpaired) electrons. The van der Waals surface area contributed by atoms with Crippen LogP contribution in [0.2, 0.25) is 0 Å². The molecule has 0 aliphatic carbocycles. The molecule has 0 atom stereocenters. The van der Waals surface area contributed by atoms with Crippen molar-refractivity contribution in [3.8, 4) is 17.1 Å². The van der Waals surface area contributed by atoms with Crippen LogP contribution in [0.4, 0.5) is 0 Å². The smallest absolute Gasteiger partial charge is 0.159 e. The van der Waals surface area contributed by atoms with Crippen molar-refractivity contribution in [2.24, 2.45) is 0 Å². The van der Waals surface area contributed by atoms with E-state index in [0.29, 0.717) is 5.82 Å². The van der Waals surface area contributed by atoms with Crippen LogP contribution in [0.1, 0.15) is 25.0 Å². The molecule has 5 heteroatoms. The lowest BCUT2D eigenvalue weighted by Crippen LogP contribution is -2.26. The summed E-state index contributed by atoms with van der Waals surface area (Å²) in [5.74, 6) is 0.710. The minimum Gasteiger partial charge on any atom is -0.309 e. The third-order valence-electron chi connectivity index (χ3n) is 8.78. The molecular weight excluding hydrogens is 549 g/mol. The molecule has 1 aliphatic heterocycles. The minimum absolute atomic E-state index is 0.183. The first kappa shape index (κ1) is 25.3. The van der Waals surface area contributed by atoms with Crippen LogP contribution < -0.4 is 15.9 Å². The molecule has 3 nitrogen and oxygen atoms in total. The maximum absolute atomic E-state index is 6.50. The molecule has 0 amide bonds. The molecule has 42 heavy (non-hydrogen) atoms. The van der Waals surface area contributed by atoms with Gasteiger partial charge < -0.3 is 4.57 Å². The predicted octanol–water partition coefficient (Wildman–Crippen LogP) is 7.64. The van der Waals surface area contributed by atoms with Gasteiger partial charge in [0.1, 0.15) is 0 Å². The highest BCUT2D eigenvalue weighted by Crippen LogP contribution is 2.48. The molecule has 0 unspecified atom stereocenters. The number of hydrogen-bond acceptors (Lipinski definition) is 3. The quantitative estimate of drug-likeness (QED) is 0.202. The van der Waals surface area contributed by atoms with Gasteiger partial charge in [-0.25, -0.2) is 9.97 Å². The summed E-state index contributed by atoms with van der Waals surface area (Å²) in [5.41, 5.74) is 7.19. The van der Waals surface area contributed by atoms with E-state index in [1.165, 1.54) is 38.6 Å². The Hall–Kier alpha value is -4.37. The average Bonchev–Trinajstić information content (AvgIpc) is 3.39. The Morgan fingerprint density at radius 2 is 1.24 bits per heavy atom. The van der Waals surface area contributed by atoms with Crippen molar-refractivity contribution < 1.29 is 0 Å². The average molecular weight is 578 g/mol. The van der Waals surface area contributed by atoms with Crippen LogP contribution in [0.25, 0.3) is 38.9 Å². The molecule has 8 rings (SSSR count). The molecule has 1 aliphatic rings. The van der Waals surface area contributed by atoms with E-state index >= 15 is 0 Å². The van der Waals surface area contributed by atoms with Gasteiger partial charge in [0.15, 0.2) is 5.82 Å². The van der Waals surface area contributed by atoms with Crippen molar-refractivity contribution in [2.45, 2.75) is 19.3 Å². The third kappa shape index (κ3) is 3.56. The first-order valence-electron chi connectivity index (χ1n) is 14.2. The standard InChI is InChI=1S/C37H28N3PS/c1-37(2)31-18-11-17-30-29-16-9-10-19-33(29)40(35(30)31)34-21-20-25(22-32(34)37)36-38-23-28(24-39-36)41(42,26-12-5-3-6-13-26)27-14-7-4-8-15-27/h3-24H,1-2H3. The van der Waals surface area contributed by atoms with Gasteiger partial charge in [-0.3, -0.25) is 0 Å². The molecule has 0 bridgehead atoms. The van der Waals surface area contributed by atoms with Gasteiger partial charge in [0, 0.05) is 45.5 Å². The van der Waals surface area contributed by atoms with Gasteiger partial charge in [0.2, 0.25) is 0 Å². The van der Waals surface area contributed by atoms with E-state index in [4.69, 9.17) is 21.8 Å². The maximum Gasteiger partial charge on any atom is 0.159 e. The lowest BCUT2D eigenvalue weighted by atomic mass is 9.74. The Morgan fingerprint density at radius 1 is 0.619 bits per heavy atom. The zero-order valence-corrected chi connectivity index (χ0v) is 25.1. The van der Waals surface area contributed by atoms with Crippen molar-refractivity contribution in [2.75, 3.05) is 0 Å². The predicted molar refractivity (Wildman–Crippen MR) is 180 cm³/mol. The second-order valence-electron chi connectivity index (χ2n) is 11.5. The molecule has 0 saturated heterocycles. The SMILES string of the molecule is CC1(C)c2cc(-c3ncc(P(=S)(c4ccccc4)c4ccccc4)cn3)ccc2-n2c3ccccc3c3cccc1c32. The van der Waals surface area contributed by atoms with Gasteiger partial charge in [0.05, 0.1) is 16.7 Å². The van der Waals surface area contributed by atoms with Crippen molar-refractivity contribution in [1.82, 2.24) is 14.5 Å². The summed E-state index contributed by atoms with van der Waals surface area (Å²) in [5, 5.41) is 5.86. The third-order valence-corrected chi connectivity index (χ3v) is 13.7. The van der Waals surface area contributed by atoms with E-state index in [1.54, 1.807) is 0 Å². The van der Waals surface area contributed by atoms with Crippen LogP contribution in [0.3, 0.4) is 0 Å². The number of rotatable bonds is 4. The molecule has 0 N–H and O–H groups in total. The van der Waals surface area contributed by atoms with E-state index < -0.39 is 6.04 Å². The van der Waals surface area contributed by atoms with Crippen LogP contribution in [0.5, 0.6) is 0 Å².